The lowest BCUT2D eigenvalue weighted by Crippen LogP contribution is -2.52. The van der Waals surface area contributed by atoms with E-state index in [0.717, 1.165) is 38.7 Å². The number of likely N-dealkylation sites (tertiary alicyclic amines) is 1. The molecule has 1 aliphatic carbocycles. The molecule has 3 N–H and O–H groups in total. The third-order valence-electron chi connectivity index (χ3n) is 7.85. The van der Waals surface area contributed by atoms with Crippen molar-refractivity contribution in [1.82, 2.24) is 15.2 Å². The molecule has 8 nitrogen and oxygen atoms in total. The van der Waals surface area contributed by atoms with Gasteiger partial charge in [-0.2, -0.15) is 0 Å². The first kappa shape index (κ1) is 24.7. The Morgan fingerprint density at radius 2 is 1.64 bits per heavy atom. The summed E-state index contributed by atoms with van der Waals surface area (Å²) >= 11 is 0. The maximum atomic E-state index is 13.6. The summed E-state index contributed by atoms with van der Waals surface area (Å²) in [4.78, 5) is 43.1. The van der Waals surface area contributed by atoms with Crippen LogP contribution in [0.3, 0.4) is 0 Å². The number of nitrogens with one attached hydrogen (secondary N) is 2. The van der Waals surface area contributed by atoms with Gasteiger partial charge in [0.05, 0.1) is 0 Å². The van der Waals surface area contributed by atoms with Crippen molar-refractivity contribution in [1.29, 1.82) is 0 Å². The van der Waals surface area contributed by atoms with Crippen LogP contribution in [0, 0.1) is 0 Å². The van der Waals surface area contributed by atoms with E-state index in [4.69, 9.17) is 4.74 Å². The average Bonchev–Trinajstić information content (AvgIpc) is 3.68. The van der Waals surface area contributed by atoms with Crippen LogP contribution in [0.15, 0.2) is 79.0 Å². The number of aromatic amines is 1. The van der Waals surface area contributed by atoms with Gasteiger partial charge in [-0.05, 0) is 46.7 Å². The number of rotatable bonds is 7. The molecule has 0 radical (unpaired) electrons. The van der Waals surface area contributed by atoms with E-state index in [1.54, 1.807) is 0 Å². The summed E-state index contributed by atoms with van der Waals surface area (Å²) in [6, 6.07) is 22.0. The molecule has 1 fully saturated rings. The molecule has 0 saturated carbocycles. The predicted molar refractivity (Wildman–Crippen MR) is 146 cm³/mol. The SMILES string of the molecule is O=C(N[C@H](Cc1c[nH]c2ccccc12)C(=O)N1CCC[C@H]1C(=O)O)OCC1c2ccccc2-c2ccccc21. The van der Waals surface area contributed by atoms with Crippen molar-refractivity contribution in [2.24, 2.45) is 0 Å². The van der Waals surface area contributed by atoms with Crippen LogP contribution in [-0.4, -0.2) is 58.2 Å². The molecule has 1 saturated heterocycles. The van der Waals surface area contributed by atoms with Crippen LogP contribution >= 0.6 is 0 Å². The Bertz CT molecular complexity index is 1520. The van der Waals surface area contributed by atoms with Crippen molar-refractivity contribution in [2.75, 3.05) is 13.2 Å². The number of H-pyrrole nitrogens is 1. The van der Waals surface area contributed by atoms with Gasteiger partial charge in [0, 0.05) is 36.0 Å². The average molecular weight is 524 g/mol. The van der Waals surface area contributed by atoms with Crippen LogP contribution in [0.2, 0.25) is 0 Å². The summed E-state index contributed by atoms with van der Waals surface area (Å²) in [5, 5.41) is 13.4. The molecule has 2 heterocycles. The van der Waals surface area contributed by atoms with Crippen molar-refractivity contribution in [3.05, 3.63) is 95.7 Å². The summed E-state index contributed by atoms with van der Waals surface area (Å²) in [7, 11) is 0. The minimum atomic E-state index is -1.03. The van der Waals surface area contributed by atoms with E-state index < -0.39 is 30.1 Å². The van der Waals surface area contributed by atoms with Crippen LogP contribution in [0.25, 0.3) is 22.0 Å². The van der Waals surface area contributed by atoms with Crippen LogP contribution in [0.5, 0.6) is 0 Å². The van der Waals surface area contributed by atoms with E-state index in [-0.39, 0.29) is 18.9 Å². The predicted octanol–water partition coefficient (Wildman–Crippen LogP) is 4.69. The summed E-state index contributed by atoms with van der Waals surface area (Å²) in [6.45, 7) is 0.460. The number of carbonyl (C=O) groups excluding carboxylic acids is 2. The summed E-state index contributed by atoms with van der Waals surface area (Å²) in [6.07, 6.45) is 2.32. The number of para-hydroxylation sites is 1. The molecule has 0 spiro atoms. The van der Waals surface area contributed by atoms with E-state index >= 15 is 0 Å². The molecule has 39 heavy (non-hydrogen) atoms. The molecular weight excluding hydrogens is 494 g/mol. The van der Waals surface area contributed by atoms with Gasteiger partial charge in [-0.1, -0.05) is 66.7 Å². The zero-order valence-electron chi connectivity index (χ0n) is 21.3. The molecule has 4 aromatic rings. The highest BCUT2D eigenvalue weighted by Gasteiger charge is 2.38. The number of aliphatic carboxylic acids is 1. The number of benzene rings is 3. The van der Waals surface area contributed by atoms with E-state index in [2.05, 4.69) is 22.4 Å². The molecule has 2 aliphatic rings. The van der Waals surface area contributed by atoms with Crippen molar-refractivity contribution < 1.29 is 24.2 Å². The molecule has 3 aromatic carbocycles. The van der Waals surface area contributed by atoms with E-state index in [1.807, 2.05) is 66.9 Å². The molecule has 1 aliphatic heterocycles. The number of amides is 2. The fraction of sp³-hybridized carbons (Fsp3) is 0.258. The van der Waals surface area contributed by atoms with E-state index in [9.17, 15) is 19.5 Å². The first-order valence-electron chi connectivity index (χ1n) is 13.2. The fourth-order valence-corrected chi connectivity index (χ4v) is 5.99. The van der Waals surface area contributed by atoms with E-state index in [0.29, 0.717) is 19.4 Å². The molecule has 198 valence electrons. The third-order valence-corrected chi connectivity index (χ3v) is 7.85. The van der Waals surface area contributed by atoms with Gasteiger partial charge >= 0.3 is 12.1 Å². The Hall–Kier alpha value is -4.59. The number of carboxylic acids is 1. The lowest BCUT2D eigenvalue weighted by Gasteiger charge is -2.27. The molecule has 6 rings (SSSR count). The Morgan fingerprint density at radius 1 is 0.974 bits per heavy atom. The first-order valence-corrected chi connectivity index (χ1v) is 13.2. The van der Waals surface area contributed by atoms with Crippen molar-refractivity contribution in [3.8, 4) is 11.1 Å². The monoisotopic (exact) mass is 523 g/mol. The second kappa shape index (κ2) is 10.3. The number of carboxylic acid groups (broad SMARTS) is 1. The number of hydrogen-bond acceptors (Lipinski definition) is 4. The number of nitrogens with zero attached hydrogens (tertiary/aromatic N) is 1. The number of alkyl carbamates (subject to hydrolysis) is 1. The maximum absolute atomic E-state index is 13.6. The molecular formula is C31H29N3O5. The second-order valence-corrected chi connectivity index (χ2v) is 10.1. The molecule has 1 aromatic heterocycles. The number of ether oxygens (including phenoxy) is 1. The summed E-state index contributed by atoms with van der Waals surface area (Å²) in [5.41, 5.74) is 6.23. The van der Waals surface area contributed by atoms with Gasteiger partial charge in [-0.3, -0.25) is 4.79 Å². The minimum Gasteiger partial charge on any atom is -0.480 e. The van der Waals surface area contributed by atoms with Gasteiger partial charge in [0.1, 0.15) is 18.7 Å². The van der Waals surface area contributed by atoms with Crippen molar-refractivity contribution in [3.63, 3.8) is 0 Å². The zero-order valence-corrected chi connectivity index (χ0v) is 21.3. The Labute approximate surface area is 225 Å². The Morgan fingerprint density at radius 3 is 2.36 bits per heavy atom. The van der Waals surface area contributed by atoms with Crippen LogP contribution < -0.4 is 5.32 Å². The number of aromatic nitrogens is 1. The highest BCUT2D eigenvalue weighted by atomic mass is 16.5. The highest BCUT2D eigenvalue weighted by Crippen LogP contribution is 2.44. The zero-order chi connectivity index (χ0) is 26.9. The standard InChI is InChI=1S/C31H29N3O5/c35-29(34-15-7-14-28(34)30(36)37)27(16-19-17-32-26-13-6-5-8-20(19)26)33-31(38)39-18-25-23-11-3-1-9-21(23)22-10-2-4-12-24(22)25/h1-6,8-13,17,25,27-28,32H,7,14-16,18H2,(H,33,38)(H,36,37)/t27-,28+/m1/s1. The molecule has 2 amide bonds. The molecule has 8 heteroatoms. The lowest BCUT2D eigenvalue weighted by atomic mass is 9.98. The minimum absolute atomic E-state index is 0.110. The number of hydrogen-bond donors (Lipinski definition) is 3. The molecule has 2 atom stereocenters. The van der Waals surface area contributed by atoms with Gasteiger partial charge in [-0.15, -0.1) is 0 Å². The van der Waals surface area contributed by atoms with Gasteiger partial charge in [0.2, 0.25) is 5.91 Å². The third kappa shape index (κ3) is 4.63. The topological polar surface area (TPSA) is 112 Å². The van der Waals surface area contributed by atoms with Gasteiger partial charge in [0.25, 0.3) is 0 Å². The number of carbonyl (C=O) groups is 3. The normalized spacial score (nSPS) is 17.0. The first-order chi connectivity index (χ1) is 19.0. The van der Waals surface area contributed by atoms with Gasteiger partial charge in [-0.25, -0.2) is 9.59 Å². The van der Waals surface area contributed by atoms with Gasteiger partial charge < -0.3 is 25.0 Å². The Kier molecular flexibility index (Phi) is 6.52. The van der Waals surface area contributed by atoms with Crippen LogP contribution in [0.4, 0.5) is 4.79 Å². The van der Waals surface area contributed by atoms with Crippen molar-refractivity contribution >= 4 is 28.9 Å². The lowest BCUT2D eigenvalue weighted by molar-refractivity contribution is -0.148. The van der Waals surface area contributed by atoms with Gasteiger partial charge in [0.15, 0.2) is 0 Å². The summed E-state index contributed by atoms with van der Waals surface area (Å²) < 4.78 is 5.72. The van der Waals surface area contributed by atoms with Crippen molar-refractivity contribution in [2.45, 2.75) is 37.3 Å². The van der Waals surface area contributed by atoms with E-state index in [1.165, 1.54) is 4.90 Å². The smallest absolute Gasteiger partial charge is 0.407 e. The van der Waals surface area contributed by atoms with Crippen LogP contribution in [0.1, 0.15) is 35.4 Å². The quantitative estimate of drug-likeness (QED) is 0.325. The highest BCUT2D eigenvalue weighted by molar-refractivity contribution is 5.91. The Balaban J connectivity index is 1.22. The number of fused-ring (bicyclic) bond motifs is 4. The maximum Gasteiger partial charge on any atom is 0.407 e. The summed E-state index contributed by atoms with van der Waals surface area (Å²) in [5.74, 6) is -1.56. The molecule has 0 bridgehead atoms. The van der Waals surface area contributed by atoms with Crippen LogP contribution in [-0.2, 0) is 20.7 Å². The second-order valence-electron chi connectivity index (χ2n) is 10.1. The fourth-order valence-electron chi connectivity index (χ4n) is 5.99. The molecule has 0 unspecified atom stereocenters. The largest absolute Gasteiger partial charge is 0.480 e.